The van der Waals surface area contributed by atoms with Crippen molar-refractivity contribution in [3.63, 3.8) is 0 Å². The molecule has 0 spiro atoms. The predicted molar refractivity (Wildman–Crippen MR) is 72.1 cm³/mol. The second kappa shape index (κ2) is 6.10. The molecule has 1 aromatic rings. The van der Waals surface area contributed by atoms with E-state index in [2.05, 4.69) is 6.92 Å². The molecule has 1 heterocycles. The zero-order valence-electron chi connectivity index (χ0n) is 11.4. The number of phenolic OH excluding ortho intramolecular Hbond substituents is 1. The van der Waals surface area contributed by atoms with Crippen LogP contribution in [0.15, 0.2) is 18.2 Å². The van der Waals surface area contributed by atoms with Gasteiger partial charge >= 0.3 is 0 Å². The number of benzene rings is 1. The van der Waals surface area contributed by atoms with Crippen LogP contribution >= 0.6 is 0 Å². The maximum absolute atomic E-state index is 9.69. The molecule has 1 saturated heterocycles. The largest absolute Gasteiger partial charge is 0.504 e. The lowest BCUT2D eigenvalue weighted by molar-refractivity contribution is -0.941. The maximum atomic E-state index is 9.69. The second-order valence-corrected chi connectivity index (χ2v) is 5.22. The van der Waals surface area contributed by atoms with Gasteiger partial charge in [-0.1, -0.05) is 0 Å². The number of ether oxygens (including phenoxy) is 1. The first-order valence-corrected chi connectivity index (χ1v) is 7.00. The molecule has 100 valence electrons. The molecule has 0 bridgehead atoms. The van der Waals surface area contributed by atoms with Crippen molar-refractivity contribution in [2.45, 2.75) is 45.7 Å². The number of phenols is 1. The van der Waals surface area contributed by atoms with E-state index in [0.717, 1.165) is 12.6 Å². The summed E-state index contributed by atoms with van der Waals surface area (Å²) in [5.74, 6) is 0.848. The van der Waals surface area contributed by atoms with Gasteiger partial charge in [-0.05, 0) is 51.3 Å². The van der Waals surface area contributed by atoms with E-state index in [9.17, 15) is 5.11 Å². The highest BCUT2D eigenvalue weighted by atomic mass is 16.5. The third-order valence-electron chi connectivity index (χ3n) is 3.84. The van der Waals surface area contributed by atoms with Crippen LogP contribution in [0.4, 0.5) is 0 Å². The summed E-state index contributed by atoms with van der Waals surface area (Å²) < 4.78 is 5.43. The van der Waals surface area contributed by atoms with Gasteiger partial charge in [-0.2, -0.15) is 0 Å². The lowest BCUT2D eigenvalue weighted by Crippen LogP contribution is -3.14. The molecule has 1 fully saturated rings. The molecule has 2 N–H and O–H groups in total. The Hall–Kier alpha value is -1.22. The second-order valence-electron chi connectivity index (χ2n) is 5.22. The van der Waals surface area contributed by atoms with Crippen LogP contribution in [0, 0.1) is 0 Å². The van der Waals surface area contributed by atoms with Gasteiger partial charge < -0.3 is 14.7 Å². The Balaban J connectivity index is 2.06. The summed E-state index contributed by atoms with van der Waals surface area (Å²) in [4.78, 5) is 1.65. The molecular weight excluding hydrogens is 226 g/mol. The molecular formula is C15H24NO2+. The Morgan fingerprint density at radius 1 is 1.39 bits per heavy atom. The van der Waals surface area contributed by atoms with Crippen LogP contribution < -0.4 is 9.64 Å². The van der Waals surface area contributed by atoms with E-state index >= 15 is 0 Å². The van der Waals surface area contributed by atoms with E-state index in [-0.39, 0.29) is 5.75 Å². The molecule has 3 heteroatoms. The van der Waals surface area contributed by atoms with Crippen molar-refractivity contribution in [1.82, 2.24) is 0 Å². The topological polar surface area (TPSA) is 33.9 Å². The monoisotopic (exact) mass is 250 g/mol. The normalized spacial score (nSPS) is 23.9. The molecule has 1 aliphatic heterocycles. The number of rotatable bonds is 4. The number of aromatic hydroxyl groups is 1. The Bertz CT molecular complexity index is 392. The quantitative estimate of drug-likeness (QED) is 0.853. The average molecular weight is 250 g/mol. The molecule has 0 aliphatic carbocycles. The van der Waals surface area contributed by atoms with Crippen LogP contribution in [0.1, 0.15) is 38.7 Å². The standard InChI is InChI=1S/C15H23NO2/c1-3-18-15-10-13(7-8-14(15)17)11-16-9-5-4-6-12(16)2/h7-8,10,12,17H,3-6,9,11H2,1-2H3/p+1/t12-/m1/s1. The smallest absolute Gasteiger partial charge is 0.161 e. The van der Waals surface area contributed by atoms with E-state index in [0.29, 0.717) is 12.4 Å². The first kappa shape index (κ1) is 13.2. The third-order valence-corrected chi connectivity index (χ3v) is 3.84. The Labute approximate surface area is 109 Å². The summed E-state index contributed by atoms with van der Waals surface area (Å²) in [6.07, 6.45) is 4.02. The van der Waals surface area contributed by atoms with Gasteiger partial charge in [0.1, 0.15) is 6.54 Å². The minimum Gasteiger partial charge on any atom is -0.504 e. The summed E-state index contributed by atoms with van der Waals surface area (Å²) in [6.45, 7) is 7.14. The van der Waals surface area contributed by atoms with Gasteiger partial charge in [0.2, 0.25) is 0 Å². The first-order chi connectivity index (χ1) is 8.70. The fourth-order valence-electron chi connectivity index (χ4n) is 2.72. The van der Waals surface area contributed by atoms with Crippen LogP contribution in [-0.4, -0.2) is 24.3 Å². The van der Waals surface area contributed by atoms with Gasteiger partial charge in [0, 0.05) is 5.56 Å². The Morgan fingerprint density at radius 3 is 2.94 bits per heavy atom. The number of likely N-dealkylation sites (tertiary alicyclic amines) is 1. The molecule has 0 aromatic heterocycles. The molecule has 0 saturated carbocycles. The van der Waals surface area contributed by atoms with Crippen molar-refractivity contribution < 1.29 is 14.7 Å². The number of piperidine rings is 1. The number of nitrogens with one attached hydrogen (secondary N) is 1. The molecule has 3 nitrogen and oxygen atoms in total. The van der Waals surface area contributed by atoms with Crippen molar-refractivity contribution in [2.24, 2.45) is 0 Å². The highest BCUT2D eigenvalue weighted by Crippen LogP contribution is 2.26. The van der Waals surface area contributed by atoms with Gasteiger partial charge in [-0.15, -0.1) is 0 Å². The molecule has 1 aliphatic rings. The van der Waals surface area contributed by atoms with Gasteiger partial charge in [0.25, 0.3) is 0 Å². The van der Waals surface area contributed by atoms with E-state index in [1.165, 1.54) is 31.4 Å². The van der Waals surface area contributed by atoms with Crippen LogP contribution in [0.3, 0.4) is 0 Å². The minimum absolute atomic E-state index is 0.238. The number of quaternary nitrogens is 1. The van der Waals surface area contributed by atoms with Crippen molar-refractivity contribution in [2.75, 3.05) is 13.2 Å². The zero-order chi connectivity index (χ0) is 13.0. The summed E-state index contributed by atoms with van der Waals surface area (Å²) in [5.41, 5.74) is 1.25. The fraction of sp³-hybridized carbons (Fsp3) is 0.600. The molecule has 0 amide bonds. The SMILES string of the molecule is CCOc1cc(C[NH+]2CCCC[C@H]2C)ccc1O. The van der Waals surface area contributed by atoms with Gasteiger partial charge in [-0.25, -0.2) is 0 Å². The summed E-state index contributed by atoms with van der Waals surface area (Å²) in [6, 6.07) is 6.47. The molecule has 1 unspecified atom stereocenters. The number of hydrogen-bond donors (Lipinski definition) is 2. The highest BCUT2D eigenvalue weighted by molar-refractivity contribution is 5.41. The van der Waals surface area contributed by atoms with Gasteiger partial charge in [-0.3, -0.25) is 0 Å². The molecule has 2 rings (SSSR count). The van der Waals surface area contributed by atoms with Gasteiger partial charge in [0.15, 0.2) is 11.5 Å². The van der Waals surface area contributed by atoms with Gasteiger partial charge in [0.05, 0.1) is 19.2 Å². The fourth-order valence-corrected chi connectivity index (χ4v) is 2.72. The number of hydrogen-bond acceptors (Lipinski definition) is 2. The lowest BCUT2D eigenvalue weighted by Gasteiger charge is -2.30. The summed E-state index contributed by atoms with van der Waals surface area (Å²) in [7, 11) is 0. The third kappa shape index (κ3) is 3.16. The predicted octanol–water partition coefficient (Wildman–Crippen LogP) is 1.75. The van der Waals surface area contributed by atoms with Crippen LogP contribution in [0.5, 0.6) is 11.5 Å². The minimum atomic E-state index is 0.238. The first-order valence-electron chi connectivity index (χ1n) is 7.00. The van der Waals surface area contributed by atoms with E-state index in [1.54, 1.807) is 11.0 Å². The summed E-state index contributed by atoms with van der Waals surface area (Å²) in [5, 5.41) is 9.69. The van der Waals surface area contributed by atoms with E-state index in [4.69, 9.17) is 4.74 Å². The van der Waals surface area contributed by atoms with Crippen molar-refractivity contribution in [3.05, 3.63) is 23.8 Å². The highest BCUT2D eigenvalue weighted by Gasteiger charge is 2.22. The Kier molecular flexibility index (Phi) is 4.48. The zero-order valence-corrected chi connectivity index (χ0v) is 11.4. The van der Waals surface area contributed by atoms with Crippen LogP contribution in [0.25, 0.3) is 0 Å². The maximum Gasteiger partial charge on any atom is 0.161 e. The lowest BCUT2D eigenvalue weighted by atomic mass is 10.0. The average Bonchev–Trinajstić information content (AvgIpc) is 2.36. The van der Waals surface area contributed by atoms with E-state index < -0.39 is 0 Å². The van der Waals surface area contributed by atoms with Crippen molar-refractivity contribution in [3.8, 4) is 11.5 Å². The summed E-state index contributed by atoms with van der Waals surface area (Å²) >= 11 is 0. The van der Waals surface area contributed by atoms with Crippen LogP contribution in [-0.2, 0) is 6.54 Å². The van der Waals surface area contributed by atoms with Crippen molar-refractivity contribution in [1.29, 1.82) is 0 Å². The van der Waals surface area contributed by atoms with Crippen LogP contribution in [0.2, 0.25) is 0 Å². The molecule has 0 radical (unpaired) electrons. The van der Waals surface area contributed by atoms with E-state index in [1.807, 2.05) is 19.1 Å². The van der Waals surface area contributed by atoms with Crippen molar-refractivity contribution >= 4 is 0 Å². The molecule has 18 heavy (non-hydrogen) atoms. The molecule has 1 aromatic carbocycles. The molecule has 2 atom stereocenters. The Morgan fingerprint density at radius 2 is 2.22 bits per heavy atom.